The number of aliphatic hydroxyl groups excluding tert-OH is 1. The van der Waals surface area contributed by atoms with E-state index < -0.39 is 0 Å². The molecule has 0 spiro atoms. The number of aliphatic hydroxyl groups is 1. The van der Waals surface area contributed by atoms with Crippen molar-refractivity contribution in [3.63, 3.8) is 0 Å². The third kappa shape index (κ3) is 8.44. The first kappa shape index (κ1) is 28.7. The van der Waals surface area contributed by atoms with Crippen LogP contribution in [0, 0.1) is 6.92 Å². The van der Waals surface area contributed by atoms with Crippen LogP contribution in [0.1, 0.15) is 45.7 Å². The van der Waals surface area contributed by atoms with E-state index in [0.717, 1.165) is 28.8 Å². The molecule has 3 rings (SSSR count). The van der Waals surface area contributed by atoms with Gasteiger partial charge in [-0.15, -0.1) is 0 Å². The van der Waals surface area contributed by atoms with E-state index in [4.69, 9.17) is 5.11 Å². The molecule has 5 nitrogen and oxygen atoms in total. The highest BCUT2D eigenvalue weighted by atomic mass is 16.2. The number of pyridine rings is 1. The molecule has 1 aromatic carbocycles. The summed E-state index contributed by atoms with van der Waals surface area (Å²) in [6.07, 6.45) is 13.2. The number of nitrogens with zero attached hydrogens (tertiary/aromatic N) is 4. The molecule has 0 atom stereocenters. The second-order valence-electron chi connectivity index (χ2n) is 5.97. The fourth-order valence-corrected chi connectivity index (χ4v) is 2.88. The van der Waals surface area contributed by atoms with Gasteiger partial charge in [0, 0.05) is 37.6 Å². The van der Waals surface area contributed by atoms with Gasteiger partial charge >= 0.3 is 0 Å². The van der Waals surface area contributed by atoms with Crippen molar-refractivity contribution >= 4 is 23.8 Å². The van der Waals surface area contributed by atoms with Crippen molar-refractivity contribution in [1.29, 1.82) is 0 Å². The first-order valence-corrected chi connectivity index (χ1v) is 11.0. The van der Waals surface area contributed by atoms with E-state index in [1.807, 2.05) is 71.3 Å². The van der Waals surface area contributed by atoms with Crippen LogP contribution in [0.2, 0.25) is 0 Å². The topological polar surface area (TPSA) is 62.1 Å². The van der Waals surface area contributed by atoms with Gasteiger partial charge in [-0.25, -0.2) is 9.97 Å². The van der Waals surface area contributed by atoms with Gasteiger partial charge in [0.1, 0.15) is 0 Å². The molecule has 0 aliphatic heterocycles. The van der Waals surface area contributed by atoms with Gasteiger partial charge in [0.05, 0.1) is 6.54 Å². The Balaban J connectivity index is 0.00000148. The van der Waals surface area contributed by atoms with Crippen LogP contribution in [0.3, 0.4) is 0 Å². The third-order valence-electron chi connectivity index (χ3n) is 4.13. The zero-order valence-corrected chi connectivity index (χ0v) is 20.6. The zero-order chi connectivity index (χ0) is 24.4. The van der Waals surface area contributed by atoms with Crippen LogP contribution in [-0.4, -0.2) is 27.2 Å². The van der Waals surface area contributed by atoms with Crippen molar-refractivity contribution in [3.05, 3.63) is 89.3 Å². The average molecular weight is 435 g/mol. The maximum absolute atomic E-state index is 7.00. The molecule has 0 bridgehead atoms. The van der Waals surface area contributed by atoms with Gasteiger partial charge in [0.25, 0.3) is 0 Å². The molecule has 2 heterocycles. The molecule has 3 aromatic rings. The fourth-order valence-electron chi connectivity index (χ4n) is 2.88. The molecule has 0 aliphatic rings. The van der Waals surface area contributed by atoms with E-state index in [9.17, 15) is 0 Å². The molecule has 172 valence electrons. The number of hydrogen-bond donors (Lipinski definition) is 1. The Bertz CT molecular complexity index is 1020. The van der Waals surface area contributed by atoms with Crippen molar-refractivity contribution in [2.24, 2.45) is 0 Å². The normalized spacial score (nSPS) is 10.5. The lowest BCUT2D eigenvalue weighted by atomic mass is 10.1. The van der Waals surface area contributed by atoms with E-state index in [1.165, 1.54) is 5.56 Å². The summed E-state index contributed by atoms with van der Waals surface area (Å²) in [4.78, 5) is 15.4. The monoisotopic (exact) mass is 434 g/mol. The van der Waals surface area contributed by atoms with E-state index in [2.05, 4.69) is 57.6 Å². The Labute approximate surface area is 193 Å². The highest BCUT2D eigenvalue weighted by molar-refractivity contribution is 5.58. The summed E-state index contributed by atoms with van der Waals surface area (Å²) in [6, 6.07) is 10.2. The number of allylic oxidation sites excluding steroid dienone is 1. The number of rotatable bonds is 5. The lowest BCUT2D eigenvalue weighted by molar-refractivity contribution is 0.399. The van der Waals surface area contributed by atoms with Crippen LogP contribution < -0.4 is 15.3 Å². The number of anilines is 2. The van der Waals surface area contributed by atoms with Crippen LogP contribution in [0.25, 0.3) is 12.2 Å². The Morgan fingerprint density at radius 2 is 1.66 bits per heavy atom. The van der Waals surface area contributed by atoms with Crippen LogP contribution in [0.15, 0.2) is 67.8 Å². The van der Waals surface area contributed by atoms with Crippen molar-refractivity contribution < 1.29 is 5.11 Å². The first-order valence-electron chi connectivity index (χ1n) is 11.0. The second-order valence-corrected chi connectivity index (χ2v) is 5.97. The Kier molecular flexibility index (Phi) is 15.6. The minimum atomic E-state index is 0.613. The van der Waals surface area contributed by atoms with E-state index >= 15 is 0 Å². The molecule has 0 unspecified atom stereocenters. The summed E-state index contributed by atoms with van der Waals surface area (Å²) >= 11 is 0. The lowest BCUT2D eigenvalue weighted by Crippen LogP contribution is -2.32. The standard InChI is InChI=1S/C22H22N4.2C2H6.CH4O/c1-4-8-21-18(5-2)14-23-15-19(21)16-26(22-24-11-7-12-25-22)20-10-6-9-17(3)13-20;3*1-2/h4-15H,1,16H2,2-3H3;2*1-2H3;2H,1H3/b18-5-,21-8+;;;. The van der Waals surface area contributed by atoms with Gasteiger partial charge in [-0.05, 0) is 53.6 Å². The molecule has 1 N–H and O–H groups in total. The molecule has 32 heavy (non-hydrogen) atoms. The van der Waals surface area contributed by atoms with Crippen molar-refractivity contribution in [2.75, 3.05) is 12.0 Å². The summed E-state index contributed by atoms with van der Waals surface area (Å²) in [5.74, 6) is 0.661. The minimum absolute atomic E-state index is 0.613. The van der Waals surface area contributed by atoms with Gasteiger partial charge in [-0.2, -0.15) is 0 Å². The zero-order valence-electron chi connectivity index (χ0n) is 20.6. The van der Waals surface area contributed by atoms with Gasteiger partial charge in [0.2, 0.25) is 5.95 Å². The highest BCUT2D eigenvalue weighted by Gasteiger charge is 2.14. The molecule has 0 saturated heterocycles. The summed E-state index contributed by atoms with van der Waals surface area (Å²) in [5, 5.41) is 9.20. The van der Waals surface area contributed by atoms with Crippen LogP contribution in [-0.2, 0) is 6.54 Å². The largest absolute Gasteiger partial charge is 0.400 e. The van der Waals surface area contributed by atoms with Gasteiger partial charge in [-0.1, -0.05) is 64.6 Å². The summed E-state index contributed by atoms with van der Waals surface area (Å²) in [7, 11) is 1.00. The molecular formula is C27H38N4O. The van der Waals surface area contributed by atoms with Crippen molar-refractivity contribution in [1.82, 2.24) is 15.0 Å². The summed E-state index contributed by atoms with van der Waals surface area (Å²) in [6.45, 7) is 16.6. The van der Waals surface area contributed by atoms with Gasteiger partial charge in [0.15, 0.2) is 0 Å². The first-order chi connectivity index (χ1) is 15.7. The SMILES string of the molecule is C=C/C=c1/c(CN(c2cccc(C)c2)c2ncccn2)cnc/c1=C/C.CC.CC.CO. The van der Waals surface area contributed by atoms with Crippen LogP contribution >= 0.6 is 0 Å². The molecule has 2 aromatic heterocycles. The van der Waals surface area contributed by atoms with Crippen molar-refractivity contribution in [2.45, 2.75) is 48.1 Å². The predicted molar refractivity (Wildman–Crippen MR) is 138 cm³/mol. The van der Waals surface area contributed by atoms with E-state index in [0.29, 0.717) is 12.5 Å². The average Bonchev–Trinajstić information content (AvgIpc) is 2.87. The van der Waals surface area contributed by atoms with Gasteiger partial charge in [-0.3, -0.25) is 4.98 Å². The summed E-state index contributed by atoms with van der Waals surface area (Å²) in [5.41, 5.74) is 3.33. The molecular weight excluding hydrogens is 396 g/mol. The van der Waals surface area contributed by atoms with Crippen molar-refractivity contribution in [3.8, 4) is 0 Å². The van der Waals surface area contributed by atoms with Gasteiger partial charge < -0.3 is 10.0 Å². The van der Waals surface area contributed by atoms with Crippen LogP contribution in [0.4, 0.5) is 11.6 Å². The quantitative estimate of drug-likeness (QED) is 0.616. The lowest BCUT2D eigenvalue weighted by Gasteiger charge is -2.23. The Morgan fingerprint density at radius 3 is 2.22 bits per heavy atom. The van der Waals surface area contributed by atoms with E-state index in [1.54, 1.807) is 12.4 Å². The molecule has 0 aliphatic carbocycles. The number of aromatic nitrogens is 3. The molecule has 0 saturated carbocycles. The minimum Gasteiger partial charge on any atom is -0.400 e. The maximum Gasteiger partial charge on any atom is 0.230 e. The summed E-state index contributed by atoms with van der Waals surface area (Å²) < 4.78 is 0. The molecule has 0 radical (unpaired) electrons. The predicted octanol–water partition coefficient (Wildman–Crippen LogP) is 4.95. The highest BCUT2D eigenvalue weighted by Crippen LogP contribution is 2.24. The maximum atomic E-state index is 7.00. The Morgan fingerprint density at radius 1 is 1.00 bits per heavy atom. The number of hydrogen-bond acceptors (Lipinski definition) is 5. The number of aryl methyl sites for hydroxylation is 1. The van der Waals surface area contributed by atoms with E-state index in [-0.39, 0.29) is 0 Å². The molecule has 5 heteroatoms. The fraction of sp³-hybridized carbons (Fsp3) is 0.296. The second kappa shape index (κ2) is 17.4. The molecule has 0 fully saturated rings. The third-order valence-corrected chi connectivity index (χ3v) is 4.13. The molecule has 0 amide bonds. The smallest absolute Gasteiger partial charge is 0.230 e. The number of benzene rings is 1. The van der Waals surface area contributed by atoms with Crippen LogP contribution in [0.5, 0.6) is 0 Å². The Hall–Kier alpha value is -3.31.